The lowest BCUT2D eigenvalue weighted by Gasteiger charge is -1.99. The van der Waals surface area contributed by atoms with Gasteiger partial charge in [0.05, 0.1) is 6.42 Å². The quantitative estimate of drug-likeness (QED) is 0.526. The van der Waals surface area contributed by atoms with Gasteiger partial charge in [0.25, 0.3) is 0 Å². The minimum atomic E-state index is 0.424. The topological polar surface area (TPSA) is 12.2 Å². The van der Waals surface area contributed by atoms with E-state index in [0.717, 1.165) is 13.0 Å². The Morgan fingerprint density at radius 2 is 2.40 bits per heavy atom. The smallest absolute Gasteiger partial charge is 0.213 e. The number of rotatable bonds is 1. The second-order valence-corrected chi connectivity index (χ2v) is 3.42. The van der Waals surface area contributed by atoms with Crippen molar-refractivity contribution in [1.82, 2.24) is 0 Å². The number of hydrogen-bond donors (Lipinski definition) is 0. The molecule has 2 nitrogen and oxygen atoms in total. The summed E-state index contributed by atoms with van der Waals surface area (Å²) in [6.07, 6.45) is 3.63. The van der Waals surface area contributed by atoms with Crippen molar-refractivity contribution in [2.45, 2.75) is 12.5 Å². The third kappa shape index (κ3) is 1.52. The lowest BCUT2D eigenvalue weighted by atomic mass is 10.3. The van der Waals surface area contributed by atoms with Gasteiger partial charge in [-0.2, -0.15) is 0 Å². The number of ether oxygens (including phenoxy) is 1. The van der Waals surface area contributed by atoms with Crippen LogP contribution in [0.4, 0.5) is 0 Å². The summed E-state index contributed by atoms with van der Waals surface area (Å²) in [5.41, 5.74) is 0. The Morgan fingerprint density at radius 3 is 2.70 bits per heavy atom. The molecule has 0 radical (unpaired) electrons. The van der Waals surface area contributed by atoms with E-state index in [1.165, 1.54) is 5.04 Å². The van der Waals surface area contributed by atoms with Gasteiger partial charge in [0.1, 0.15) is 13.2 Å². The molecular weight excluding hydrogens is 146 g/mol. The zero-order valence-corrected chi connectivity index (χ0v) is 7.57. The molecule has 1 aliphatic rings. The molecular formula is C7H14NOS+. The first-order valence-electron chi connectivity index (χ1n) is 3.41. The number of nitrogens with zero attached hydrogens (tertiary/aromatic N) is 1. The first-order valence-corrected chi connectivity index (χ1v) is 4.64. The average molecular weight is 160 g/mol. The third-order valence-corrected chi connectivity index (χ3v) is 2.82. The first-order chi connectivity index (χ1) is 4.77. The Balaban J connectivity index is 2.50. The summed E-state index contributed by atoms with van der Waals surface area (Å²) in [5.74, 6) is 0. The Kier molecular flexibility index (Phi) is 2.74. The van der Waals surface area contributed by atoms with Crippen LogP contribution in [0.1, 0.15) is 6.42 Å². The standard InChI is InChI=1S/C7H14NOS/c1-8-5-6(9-2)4-7(8)10-3/h6H,4-5H2,1-3H3/q+1. The fraction of sp³-hybridized carbons (Fsp3) is 0.857. The summed E-state index contributed by atoms with van der Waals surface area (Å²) in [6, 6.07) is 0. The molecule has 0 aromatic heterocycles. The van der Waals surface area contributed by atoms with E-state index in [4.69, 9.17) is 4.74 Å². The van der Waals surface area contributed by atoms with E-state index in [1.54, 1.807) is 7.11 Å². The molecule has 0 amide bonds. The van der Waals surface area contributed by atoms with Crippen LogP contribution < -0.4 is 0 Å². The molecule has 0 bridgehead atoms. The summed E-state index contributed by atoms with van der Waals surface area (Å²) in [6.45, 7) is 1.05. The summed E-state index contributed by atoms with van der Waals surface area (Å²) in [4.78, 5) is 0. The van der Waals surface area contributed by atoms with E-state index >= 15 is 0 Å². The molecule has 0 N–H and O–H groups in total. The summed E-state index contributed by atoms with van der Waals surface area (Å²) < 4.78 is 7.50. The molecule has 0 fully saturated rings. The van der Waals surface area contributed by atoms with Gasteiger partial charge in [0.2, 0.25) is 5.04 Å². The maximum Gasteiger partial charge on any atom is 0.213 e. The van der Waals surface area contributed by atoms with Crippen LogP contribution in [-0.2, 0) is 4.74 Å². The van der Waals surface area contributed by atoms with Gasteiger partial charge in [-0.05, 0) is 6.26 Å². The van der Waals surface area contributed by atoms with Crippen LogP contribution >= 0.6 is 11.8 Å². The number of likely N-dealkylation sites (N-methyl/N-ethyl adjacent to an activating group) is 1. The van der Waals surface area contributed by atoms with E-state index < -0.39 is 0 Å². The fourth-order valence-electron chi connectivity index (χ4n) is 1.22. The number of methoxy groups -OCH3 is 1. The van der Waals surface area contributed by atoms with Gasteiger partial charge in [0.15, 0.2) is 6.54 Å². The minimum absolute atomic E-state index is 0.424. The van der Waals surface area contributed by atoms with Gasteiger partial charge >= 0.3 is 0 Å². The van der Waals surface area contributed by atoms with Crippen LogP contribution in [0, 0.1) is 0 Å². The monoisotopic (exact) mass is 160 g/mol. The SMILES string of the molecule is COC1CC(SC)=[N+](C)C1. The molecule has 1 rings (SSSR count). The minimum Gasteiger partial charge on any atom is -0.374 e. The molecule has 0 saturated carbocycles. The lowest BCUT2D eigenvalue weighted by molar-refractivity contribution is -0.493. The van der Waals surface area contributed by atoms with Crippen molar-refractivity contribution < 1.29 is 9.31 Å². The van der Waals surface area contributed by atoms with E-state index in [1.807, 2.05) is 11.8 Å². The lowest BCUT2D eigenvalue weighted by Crippen LogP contribution is -2.14. The average Bonchev–Trinajstić information content (AvgIpc) is 2.30. The van der Waals surface area contributed by atoms with Gasteiger partial charge in [-0.1, -0.05) is 11.8 Å². The summed E-state index contributed by atoms with van der Waals surface area (Å²) in [7, 11) is 3.90. The van der Waals surface area contributed by atoms with E-state index in [9.17, 15) is 0 Å². The van der Waals surface area contributed by atoms with Gasteiger partial charge in [-0.3, -0.25) is 0 Å². The van der Waals surface area contributed by atoms with E-state index in [0.29, 0.717) is 6.10 Å². The zero-order valence-electron chi connectivity index (χ0n) is 6.76. The van der Waals surface area contributed by atoms with Gasteiger partial charge in [-0.15, -0.1) is 0 Å². The van der Waals surface area contributed by atoms with Crippen molar-refractivity contribution in [3.05, 3.63) is 0 Å². The van der Waals surface area contributed by atoms with Gasteiger partial charge in [-0.25, -0.2) is 4.58 Å². The largest absolute Gasteiger partial charge is 0.374 e. The van der Waals surface area contributed by atoms with Gasteiger partial charge in [0, 0.05) is 7.11 Å². The van der Waals surface area contributed by atoms with Crippen molar-refractivity contribution in [2.75, 3.05) is 27.0 Å². The summed E-state index contributed by atoms with van der Waals surface area (Å²) in [5, 5.41) is 1.44. The molecule has 58 valence electrons. The zero-order chi connectivity index (χ0) is 7.56. The highest BCUT2D eigenvalue weighted by Crippen LogP contribution is 2.14. The Labute approximate surface area is 66.3 Å². The van der Waals surface area contributed by atoms with Crippen molar-refractivity contribution in [3.8, 4) is 0 Å². The second kappa shape index (κ2) is 3.39. The second-order valence-electron chi connectivity index (χ2n) is 2.54. The molecule has 1 aliphatic heterocycles. The van der Waals surface area contributed by atoms with Crippen LogP contribution in [0.2, 0.25) is 0 Å². The first kappa shape index (κ1) is 8.08. The van der Waals surface area contributed by atoms with Crippen molar-refractivity contribution in [1.29, 1.82) is 0 Å². The van der Waals surface area contributed by atoms with Crippen LogP contribution in [-0.4, -0.2) is 42.7 Å². The van der Waals surface area contributed by atoms with Crippen molar-refractivity contribution in [3.63, 3.8) is 0 Å². The van der Waals surface area contributed by atoms with Crippen LogP contribution in [0.3, 0.4) is 0 Å². The van der Waals surface area contributed by atoms with Crippen LogP contribution in [0.25, 0.3) is 0 Å². The fourth-order valence-corrected chi connectivity index (χ4v) is 1.96. The summed E-state index contributed by atoms with van der Waals surface area (Å²) >= 11 is 1.82. The highest BCUT2D eigenvalue weighted by molar-refractivity contribution is 8.13. The predicted molar refractivity (Wildman–Crippen MR) is 45.0 cm³/mol. The highest BCUT2D eigenvalue weighted by atomic mass is 32.2. The van der Waals surface area contributed by atoms with E-state index in [-0.39, 0.29) is 0 Å². The van der Waals surface area contributed by atoms with E-state index in [2.05, 4.69) is 17.9 Å². The molecule has 1 atom stereocenters. The number of thioether (sulfide) groups is 1. The molecule has 0 spiro atoms. The Bertz CT molecular complexity index is 156. The molecule has 0 saturated heterocycles. The maximum atomic E-state index is 5.24. The molecule has 0 aliphatic carbocycles. The van der Waals surface area contributed by atoms with Crippen molar-refractivity contribution in [2.24, 2.45) is 0 Å². The molecule has 0 aromatic rings. The van der Waals surface area contributed by atoms with Gasteiger partial charge < -0.3 is 4.74 Å². The molecule has 10 heavy (non-hydrogen) atoms. The Morgan fingerprint density at radius 1 is 1.70 bits per heavy atom. The normalized spacial score (nSPS) is 26.1. The molecule has 3 heteroatoms. The Hall–Kier alpha value is -0.0200. The van der Waals surface area contributed by atoms with Crippen LogP contribution in [0.15, 0.2) is 0 Å². The predicted octanol–water partition coefficient (Wildman–Crippen LogP) is 0.809. The molecule has 0 aromatic carbocycles. The van der Waals surface area contributed by atoms with Crippen LogP contribution in [0.5, 0.6) is 0 Å². The molecule has 1 heterocycles. The number of hydrogen-bond acceptors (Lipinski definition) is 2. The maximum absolute atomic E-state index is 5.24. The third-order valence-electron chi connectivity index (χ3n) is 1.87. The van der Waals surface area contributed by atoms with Crippen molar-refractivity contribution >= 4 is 16.8 Å². The highest BCUT2D eigenvalue weighted by Gasteiger charge is 2.27. The molecule has 1 unspecified atom stereocenters.